The Hall–Kier alpha value is -4.62. The minimum absolute atomic E-state index is 0.139. The molecule has 0 amide bonds. The average molecular weight is 627 g/mol. The third kappa shape index (κ3) is 5.55. The third-order valence-electron chi connectivity index (χ3n) is 7.53. The molecule has 0 saturated heterocycles. The van der Waals surface area contributed by atoms with Crippen molar-refractivity contribution in [2.24, 2.45) is 0 Å². The molecule has 0 saturated carbocycles. The molecule has 0 atom stereocenters. The number of hydrogen-bond acceptors (Lipinski definition) is 7. The van der Waals surface area contributed by atoms with Crippen molar-refractivity contribution < 1.29 is 31.5 Å². The molecule has 0 unspecified atom stereocenters. The van der Waals surface area contributed by atoms with Gasteiger partial charge in [-0.1, -0.05) is 0 Å². The van der Waals surface area contributed by atoms with Crippen LogP contribution < -0.4 is 15.9 Å². The molecule has 7 nitrogen and oxygen atoms in total. The summed E-state index contributed by atoms with van der Waals surface area (Å²) in [7, 11) is -2.38. The standard InChI is InChI=1S/C35H31O7PS/c1-40-34(36)28-23-29(35(37)41-2)25-33(24-28)44(38,39)42-43(30-17-9-4-10-18-30,31-19-11-5-12-20-31,32-21-13-6-14-22-32)26-27-15-7-3-8-16-27/h3-25H,26H2,1-2H3. The van der Waals surface area contributed by atoms with Crippen LogP contribution in [0.2, 0.25) is 0 Å². The van der Waals surface area contributed by atoms with Gasteiger partial charge in [-0.25, -0.2) is 0 Å². The second kappa shape index (κ2) is 12.5. The number of benzene rings is 5. The summed E-state index contributed by atoms with van der Waals surface area (Å²) in [6.07, 6.45) is 0.199. The molecule has 0 N–H and O–H groups in total. The second-order valence-electron chi connectivity index (χ2n) is 10.1. The van der Waals surface area contributed by atoms with Crippen molar-refractivity contribution in [1.82, 2.24) is 0 Å². The van der Waals surface area contributed by atoms with Crippen molar-refractivity contribution in [3.05, 3.63) is 156 Å². The fourth-order valence-electron chi connectivity index (χ4n) is 5.51. The molecule has 0 aliphatic carbocycles. The van der Waals surface area contributed by atoms with Crippen molar-refractivity contribution >= 4 is 44.8 Å². The predicted octanol–water partition coefficient (Wildman–Crippen LogP) is 5.61. The van der Waals surface area contributed by atoms with Gasteiger partial charge in [-0.3, -0.25) is 0 Å². The summed E-state index contributed by atoms with van der Waals surface area (Å²) in [5.74, 6) is -1.63. The van der Waals surface area contributed by atoms with Crippen LogP contribution in [0.3, 0.4) is 0 Å². The topological polar surface area (TPSA) is 96.0 Å². The molecule has 224 valence electrons. The Morgan fingerprint density at radius 2 is 0.932 bits per heavy atom. The van der Waals surface area contributed by atoms with Gasteiger partial charge >= 0.3 is 258 Å². The van der Waals surface area contributed by atoms with Crippen molar-refractivity contribution in [2.75, 3.05) is 14.2 Å². The van der Waals surface area contributed by atoms with E-state index < -0.39 is 28.9 Å². The monoisotopic (exact) mass is 626 g/mol. The SMILES string of the molecule is COC(=O)c1cc(C(=O)OC)cc(S(=O)(=O)OP(Cc2ccccc2)(c2ccccc2)(c2ccccc2)c2ccccc2)c1. The Kier molecular flexibility index (Phi) is 8.79. The summed E-state index contributed by atoms with van der Waals surface area (Å²) in [5, 5.41) is 2.04. The summed E-state index contributed by atoms with van der Waals surface area (Å²) < 4.78 is 46.2. The number of carbonyl (C=O) groups is 2. The van der Waals surface area contributed by atoms with E-state index in [1.54, 1.807) is 0 Å². The molecule has 0 bridgehead atoms. The molecule has 5 aromatic rings. The first kappa shape index (κ1) is 30.8. The van der Waals surface area contributed by atoms with Crippen LogP contribution in [0.4, 0.5) is 0 Å². The third-order valence-corrected chi connectivity index (χ3v) is 15.6. The van der Waals surface area contributed by atoms with Gasteiger partial charge in [0.15, 0.2) is 0 Å². The molecule has 0 fully saturated rings. The van der Waals surface area contributed by atoms with Crippen molar-refractivity contribution in [3.8, 4) is 0 Å². The Morgan fingerprint density at radius 1 is 0.568 bits per heavy atom. The van der Waals surface area contributed by atoms with E-state index in [-0.39, 0.29) is 22.2 Å². The summed E-state index contributed by atoms with van der Waals surface area (Å²) in [5.41, 5.74) is 0.579. The average Bonchev–Trinajstić information content (AvgIpc) is 3.08. The van der Waals surface area contributed by atoms with Gasteiger partial charge in [-0.2, -0.15) is 0 Å². The first-order valence-corrected chi connectivity index (χ1v) is 17.5. The fraction of sp³-hybridized carbons (Fsp3) is 0.0857. The first-order chi connectivity index (χ1) is 21.2. The molecular formula is C35H31O7PS. The molecule has 5 rings (SSSR count). The van der Waals surface area contributed by atoms with Crippen LogP contribution in [0.25, 0.3) is 0 Å². The Morgan fingerprint density at radius 3 is 1.30 bits per heavy atom. The van der Waals surface area contributed by atoms with E-state index in [2.05, 4.69) is 0 Å². The van der Waals surface area contributed by atoms with Gasteiger partial charge in [0.05, 0.1) is 0 Å². The molecule has 9 heteroatoms. The minimum atomic E-state index is -4.73. The van der Waals surface area contributed by atoms with E-state index in [0.717, 1.165) is 17.7 Å². The molecule has 0 radical (unpaired) electrons. The van der Waals surface area contributed by atoms with E-state index in [0.29, 0.717) is 15.9 Å². The van der Waals surface area contributed by atoms with E-state index in [4.69, 9.17) is 13.4 Å². The summed E-state index contributed by atoms with van der Waals surface area (Å²) in [6.45, 7) is -4.50. The van der Waals surface area contributed by atoms with Crippen LogP contribution in [-0.4, -0.2) is 34.6 Å². The maximum absolute atomic E-state index is 14.8. The van der Waals surface area contributed by atoms with E-state index in [1.807, 2.05) is 121 Å². The molecule has 0 aliphatic rings. The predicted molar refractivity (Wildman–Crippen MR) is 173 cm³/mol. The molecule has 0 spiro atoms. The van der Waals surface area contributed by atoms with Crippen LogP contribution in [0, 0.1) is 0 Å². The Bertz CT molecular complexity index is 1750. The number of ether oxygens (including phenoxy) is 2. The zero-order chi connectivity index (χ0) is 31.2. The van der Waals surface area contributed by atoms with Crippen LogP contribution in [-0.2, 0) is 29.7 Å². The van der Waals surface area contributed by atoms with E-state index in [1.165, 1.54) is 20.3 Å². The van der Waals surface area contributed by atoms with Gasteiger partial charge in [0.1, 0.15) is 0 Å². The number of carbonyl (C=O) groups excluding carboxylic acids is 2. The molecule has 0 aromatic heterocycles. The fourth-order valence-corrected chi connectivity index (χ4v) is 14.1. The Balaban J connectivity index is 1.92. The molecule has 5 aromatic carbocycles. The van der Waals surface area contributed by atoms with E-state index >= 15 is 0 Å². The van der Waals surface area contributed by atoms with Crippen LogP contribution in [0.1, 0.15) is 26.3 Å². The van der Waals surface area contributed by atoms with Crippen molar-refractivity contribution in [3.63, 3.8) is 0 Å². The van der Waals surface area contributed by atoms with Gasteiger partial charge in [0.2, 0.25) is 0 Å². The van der Waals surface area contributed by atoms with Gasteiger partial charge in [0.25, 0.3) is 0 Å². The number of methoxy groups -OCH3 is 2. The Labute approximate surface area is 257 Å². The molecular weight excluding hydrogens is 595 g/mol. The van der Waals surface area contributed by atoms with Gasteiger partial charge in [0, 0.05) is 0 Å². The van der Waals surface area contributed by atoms with Gasteiger partial charge in [-0.05, 0) is 0 Å². The van der Waals surface area contributed by atoms with Crippen LogP contribution in [0.5, 0.6) is 0 Å². The van der Waals surface area contributed by atoms with Gasteiger partial charge in [-0.15, -0.1) is 0 Å². The van der Waals surface area contributed by atoms with Crippen LogP contribution >= 0.6 is 6.83 Å². The van der Waals surface area contributed by atoms with Crippen molar-refractivity contribution in [2.45, 2.75) is 11.1 Å². The summed E-state index contributed by atoms with van der Waals surface area (Å²) in [6, 6.07) is 41.2. The summed E-state index contributed by atoms with van der Waals surface area (Å²) >= 11 is 0. The molecule has 44 heavy (non-hydrogen) atoms. The van der Waals surface area contributed by atoms with Crippen molar-refractivity contribution in [1.29, 1.82) is 0 Å². The second-order valence-corrected chi connectivity index (χ2v) is 16.4. The van der Waals surface area contributed by atoms with Crippen LogP contribution in [0.15, 0.2) is 144 Å². The van der Waals surface area contributed by atoms with E-state index in [9.17, 15) is 18.0 Å². The number of rotatable bonds is 10. The molecule has 0 heterocycles. The zero-order valence-electron chi connectivity index (χ0n) is 24.2. The quantitative estimate of drug-likeness (QED) is 0.147. The number of hydrogen-bond donors (Lipinski definition) is 0. The first-order valence-electron chi connectivity index (χ1n) is 13.7. The van der Waals surface area contributed by atoms with Gasteiger partial charge < -0.3 is 0 Å². The summed E-state index contributed by atoms with van der Waals surface area (Å²) in [4.78, 5) is 24.8. The zero-order valence-corrected chi connectivity index (χ0v) is 25.9. The molecule has 0 aliphatic heterocycles. The number of esters is 2. The normalized spacial score (nSPS) is 12.5. The maximum atomic E-state index is 14.8.